The Kier molecular flexibility index (Phi) is 4.37. The van der Waals surface area contributed by atoms with Crippen LogP contribution in [0.15, 0.2) is 0 Å². The monoisotopic (exact) mass is 342 g/mol. The number of hydrogen-bond acceptors (Lipinski definition) is 4. The van der Waals surface area contributed by atoms with Crippen LogP contribution in [-0.2, 0) is 19.4 Å². The van der Waals surface area contributed by atoms with Crippen molar-refractivity contribution >= 4 is 16.4 Å². The van der Waals surface area contributed by atoms with Gasteiger partial charge in [-0.15, -0.1) is 0 Å². The molecule has 1 atom stereocenters. The number of carboxylic acids is 1. The Morgan fingerprint density at radius 2 is 1.25 bits per heavy atom. The van der Waals surface area contributed by atoms with Gasteiger partial charge in [-0.25, -0.2) is 4.79 Å². The van der Waals surface area contributed by atoms with Gasteiger partial charge in [-0.2, -0.15) is 47.7 Å². The fourth-order valence-corrected chi connectivity index (χ4v) is 1.21. The van der Waals surface area contributed by atoms with Gasteiger partial charge in [0.25, 0.3) is 0 Å². The van der Waals surface area contributed by atoms with Crippen molar-refractivity contribution in [2.75, 3.05) is 0 Å². The van der Waals surface area contributed by atoms with E-state index in [0.29, 0.717) is 0 Å². The first-order valence-corrected chi connectivity index (χ1v) is 5.19. The molecule has 1 unspecified atom stereocenters. The zero-order valence-corrected chi connectivity index (χ0v) is 9.28. The molecule has 0 aromatic rings. The zero-order chi connectivity index (χ0) is 16.8. The highest BCUT2D eigenvalue weighted by Gasteiger charge is 2.85. The number of rotatable bonds is 5. The van der Waals surface area contributed by atoms with Crippen molar-refractivity contribution in [3.63, 3.8) is 0 Å². The van der Waals surface area contributed by atoms with Crippen LogP contribution in [0.2, 0.25) is 0 Å². The minimum absolute atomic E-state index is 2.16. The normalized spacial score (nSPS) is 17.6. The summed E-state index contributed by atoms with van der Waals surface area (Å²) in [7, 11) is -6.45. The maximum atomic E-state index is 13.1. The van der Waals surface area contributed by atoms with Gasteiger partial charge in [0, 0.05) is 0 Å². The number of carboxylic acid groups (broad SMARTS) is 1. The number of carbonyl (C=O) groups is 1. The van der Waals surface area contributed by atoms with Crippen LogP contribution in [-0.4, -0.2) is 47.9 Å². The molecule has 0 heterocycles. The first kappa shape index (κ1) is 18.8. The predicted octanol–water partition coefficient (Wildman–Crippen LogP) is 1.39. The molecule has 15 heteroatoms. The SMILES string of the molecule is O=C(O)C(F)(OS(=O)(=O)O)C(F)(F)C(F)(F)C(F)(F)F. The maximum absolute atomic E-state index is 13.1. The molecule has 0 radical (unpaired) electrons. The topological polar surface area (TPSA) is 101 Å². The number of hydrogen-bond donors (Lipinski definition) is 2. The quantitative estimate of drug-likeness (QED) is 0.578. The number of aliphatic carboxylic acids is 1. The van der Waals surface area contributed by atoms with Crippen molar-refractivity contribution in [2.24, 2.45) is 0 Å². The molecule has 20 heavy (non-hydrogen) atoms. The van der Waals surface area contributed by atoms with Crippen LogP contribution in [0.5, 0.6) is 0 Å². The summed E-state index contributed by atoms with van der Waals surface area (Å²) in [6, 6.07) is 0. The van der Waals surface area contributed by atoms with Gasteiger partial charge in [0.15, 0.2) is 0 Å². The maximum Gasteiger partial charge on any atom is 0.460 e. The number of alkyl halides is 8. The van der Waals surface area contributed by atoms with Gasteiger partial charge in [-0.05, 0) is 0 Å². The summed E-state index contributed by atoms with van der Waals surface area (Å²) in [5.74, 6) is -24.8. The molecule has 0 fully saturated rings. The molecule has 0 aliphatic carbocycles. The number of halogens is 8. The van der Waals surface area contributed by atoms with Gasteiger partial charge in [0.2, 0.25) is 0 Å². The third-order valence-electron chi connectivity index (χ3n) is 1.65. The minimum atomic E-state index is -7.32. The van der Waals surface area contributed by atoms with E-state index < -0.39 is 40.2 Å². The minimum Gasteiger partial charge on any atom is -0.477 e. The molecule has 0 amide bonds. The lowest BCUT2D eigenvalue weighted by Crippen LogP contribution is -2.66. The van der Waals surface area contributed by atoms with E-state index in [2.05, 4.69) is 4.18 Å². The van der Waals surface area contributed by atoms with Crippen molar-refractivity contribution < 1.29 is 62.2 Å². The molecule has 0 aliphatic heterocycles. The zero-order valence-electron chi connectivity index (χ0n) is 8.46. The Bertz CT molecular complexity index is 496. The molecule has 0 aliphatic rings. The van der Waals surface area contributed by atoms with Crippen LogP contribution in [0, 0.1) is 0 Å². The Hall–Kier alpha value is -1.22. The van der Waals surface area contributed by atoms with E-state index in [0.717, 1.165) is 0 Å². The van der Waals surface area contributed by atoms with Gasteiger partial charge in [0.05, 0.1) is 0 Å². The highest BCUT2D eigenvalue weighted by Crippen LogP contribution is 2.53. The molecule has 0 aromatic carbocycles. The average molecular weight is 342 g/mol. The Morgan fingerprint density at radius 1 is 0.900 bits per heavy atom. The van der Waals surface area contributed by atoms with Crippen LogP contribution in [0.25, 0.3) is 0 Å². The Morgan fingerprint density at radius 3 is 1.45 bits per heavy atom. The fourth-order valence-electron chi connectivity index (χ4n) is 0.747. The summed E-state index contributed by atoms with van der Waals surface area (Å²) in [5, 5.41) is 7.90. The highest BCUT2D eigenvalue weighted by atomic mass is 32.3. The second-order valence-electron chi connectivity index (χ2n) is 3.06. The molecule has 0 spiro atoms. The van der Waals surface area contributed by atoms with E-state index in [9.17, 15) is 48.3 Å². The lowest BCUT2D eigenvalue weighted by atomic mass is 10.0. The van der Waals surface area contributed by atoms with Crippen molar-refractivity contribution in [2.45, 2.75) is 23.9 Å². The van der Waals surface area contributed by atoms with Gasteiger partial charge in [0.1, 0.15) is 0 Å². The van der Waals surface area contributed by atoms with Crippen molar-refractivity contribution in [1.82, 2.24) is 0 Å². The molecule has 120 valence electrons. The smallest absolute Gasteiger partial charge is 0.460 e. The average Bonchev–Trinajstić information content (AvgIpc) is 2.11. The van der Waals surface area contributed by atoms with Gasteiger partial charge in [-0.1, -0.05) is 0 Å². The largest absolute Gasteiger partial charge is 0.477 e. The molecule has 6 nitrogen and oxygen atoms in total. The van der Waals surface area contributed by atoms with Crippen molar-refractivity contribution in [1.29, 1.82) is 0 Å². The standard InChI is InChI=1S/C5H2F8O6S/c6-2(1(14)15,19-20(16,17)18)3(7,8)4(9,10)5(11,12)13/h(H,14,15)(H,16,17,18). The van der Waals surface area contributed by atoms with Crippen LogP contribution in [0.3, 0.4) is 0 Å². The van der Waals surface area contributed by atoms with Crippen LogP contribution < -0.4 is 0 Å². The third-order valence-corrected chi connectivity index (χ3v) is 2.09. The summed E-state index contributed by atoms with van der Waals surface area (Å²) in [6.07, 6.45) is -7.15. The van der Waals surface area contributed by atoms with E-state index in [1.54, 1.807) is 0 Å². The van der Waals surface area contributed by atoms with E-state index in [4.69, 9.17) is 9.66 Å². The van der Waals surface area contributed by atoms with Crippen molar-refractivity contribution in [3.05, 3.63) is 0 Å². The lowest BCUT2D eigenvalue weighted by Gasteiger charge is -2.34. The van der Waals surface area contributed by atoms with E-state index in [1.165, 1.54) is 0 Å². The first-order chi connectivity index (χ1) is 8.40. The fraction of sp³-hybridized carbons (Fsp3) is 0.800. The summed E-state index contributed by atoms with van der Waals surface area (Å²) >= 11 is 0. The van der Waals surface area contributed by atoms with E-state index in [1.807, 2.05) is 0 Å². The van der Waals surface area contributed by atoms with Gasteiger partial charge >= 0.3 is 40.2 Å². The Balaban J connectivity index is 6.15. The molecule has 0 bridgehead atoms. The lowest BCUT2D eigenvalue weighted by molar-refractivity contribution is -0.396. The molecule has 0 rings (SSSR count). The molecule has 2 N–H and O–H groups in total. The molecule has 0 aromatic heterocycles. The molecule has 0 saturated heterocycles. The van der Waals surface area contributed by atoms with Gasteiger partial charge < -0.3 is 5.11 Å². The Labute approximate surface area is 103 Å². The summed E-state index contributed by atoms with van der Waals surface area (Å²) in [4.78, 5) is 10.1. The van der Waals surface area contributed by atoms with Crippen LogP contribution in [0.4, 0.5) is 35.1 Å². The summed E-state index contributed by atoms with van der Waals surface area (Å²) < 4.78 is 129. The molecule has 0 saturated carbocycles. The van der Waals surface area contributed by atoms with Gasteiger partial charge in [-0.3, -0.25) is 4.55 Å². The van der Waals surface area contributed by atoms with Crippen molar-refractivity contribution in [3.8, 4) is 0 Å². The van der Waals surface area contributed by atoms with E-state index in [-0.39, 0.29) is 0 Å². The van der Waals surface area contributed by atoms with Crippen LogP contribution in [0.1, 0.15) is 0 Å². The predicted molar refractivity (Wildman–Crippen MR) is 40.1 cm³/mol. The highest BCUT2D eigenvalue weighted by molar-refractivity contribution is 7.81. The second-order valence-corrected chi connectivity index (χ2v) is 4.08. The third kappa shape index (κ3) is 2.93. The molecular weight excluding hydrogens is 340 g/mol. The first-order valence-electron chi connectivity index (χ1n) is 3.83. The van der Waals surface area contributed by atoms with E-state index >= 15 is 0 Å². The summed E-state index contributed by atoms with van der Waals surface area (Å²) in [6.45, 7) is 0. The molecular formula is C5H2F8O6S. The van der Waals surface area contributed by atoms with Crippen LogP contribution >= 0.6 is 0 Å². The summed E-state index contributed by atoms with van der Waals surface area (Å²) in [5.41, 5.74) is 0. The second kappa shape index (κ2) is 4.66.